The molecule has 5 heteroatoms. The summed E-state index contributed by atoms with van der Waals surface area (Å²) < 4.78 is 1.06. The normalized spacial score (nSPS) is 21.3. The fraction of sp³-hybridized carbons (Fsp3) is 0.353. The first kappa shape index (κ1) is 15.7. The van der Waals surface area contributed by atoms with Crippen LogP contribution in [0.3, 0.4) is 0 Å². The summed E-state index contributed by atoms with van der Waals surface area (Å²) in [5, 5.41) is 0. The number of benzene rings is 1. The highest BCUT2D eigenvalue weighted by atomic mass is 79.9. The predicted molar refractivity (Wildman–Crippen MR) is 95.1 cm³/mol. The predicted octanol–water partition coefficient (Wildman–Crippen LogP) is 3.99. The number of likely N-dealkylation sites (tertiary alicyclic amines) is 1. The maximum atomic E-state index is 12.6. The van der Waals surface area contributed by atoms with Crippen molar-refractivity contribution in [3.63, 3.8) is 0 Å². The van der Waals surface area contributed by atoms with Crippen LogP contribution in [0.4, 0.5) is 0 Å². The Morgan fingerprint density at radius 2 is 2.05 bits per heavy atom. The summed E-state index contributed by atoms with van der Waals surface area (Å²) in [7, 11) is 0. The fourth-order valence-corrected chi connectivity index (χ4v) is 3.99. The van der Waals surface area contributed by atoms with Gasteiger partial charge in [0, 0.05) is 22.4 Å². The van der Waals surface area contributed by atoms with Crippen LogP contribution in [0.5, 0.6) is 0 Å². The molecule has 22 heavy (non-hydrogen) atoms. The van der Waals surface area contributed by atoms with Gasteiger partial charge in [0.1, 0.15) is 0 Å². The Morgan fingerprint density at radius 1 is 1.32 bits per heavy atom. The highest BCUT2D eigenvalue weighted by Crippen LogP contribution is 2.33. The molecule has 1 aromatic heterocycles. The van der Waals surface area contributed by atoms with Crippen LogP contribution in [0.1, 0.15) is 23.0 Å². The van der Waals surface area contributed by atoms with E-state index >= 15 is 0 Å². The zero-order valence-corrected chi connectivity index (χ0v) is 14.9. The van der Waals surface area contributed by atoms with E-state index in [-0.39, 0.29) is 11.3 Å². The lowest BCUT2D eigenvalue weighted by molar-refractivity contribution is 0.0781. The highest BCUT2D eigenvalue weighted by Gasteiger charge is 2.35. The number of carbonyl (C=O) groups excluding carboxylic acids is 1. The standard InChI is InChI=1S/C17H19BrN2OS/c1-17(10-19)8-9-20(11-17)16(21)15-7-6-14(22-15)12-2-4-13(18)5-3-12/h2-7H,8-11,19H2,1H3. The van der Waals surface area contributed by atoms with Crippen LogP contribution in [0.2, 0.25) is 0 Å². The second kappa shape index (κ2) is 6.14. The van der Waals surface area contributed by atoms with Crippen molar-refractivity contribution in [2.45, 2.75) is 13.3 Å². The molecule has 1 amide bonds. The molecule has 1 atom stereocenters. The minimum atomic E-state index is 0.0709. The Kier molecular flexibility index (Phi) is 4.39. The molecule has 1 aromatic carbocycles. The van der Waals surface area contributed by atoms with Gasteiger partial charge in [-0.1, -0.05) is 35.0 Å². The lowest BCUT2D eigenvalue weighted by atomic mass is 9.90. The van der Waals surface area contributed by atoms with Crippen LogP contribution in [0.25, 0.3) is 10.4 Å². The lowest BCUT2D eigenvalue weighted by Gasteiger charge is -2.22. The minimum Gasteiger partial charge on any atom is -0.337 e. The van der Waals surface area contributed by atoms with Crippen LogP contribution in [0.15, 0.2) is 40.9 Å². The molecule has 1 aliphatic heterocycles. The molecule has 0 aliphatic carbocycles. The van der Waals surface area contributed by atoms with E-state index in [0.717, 1.165) is 39.3 Å². The summed E-state index contributed by atoms with van der Waals surface area (Å²) in [6.07, 6.45) is 0.986. The second-order valence-electron chi connectivity index (χ2n) is 6.16. The molecular weight excluding hydrogens is 360 g/mol. The number of nitrogens with two attached hydrogens (primary N) is 1. The van der Waals surface area contributed by atoms with Crippen molar-refractivity contribution in [1.29, 1.82) is 0 Å². The Hall–Kier alpha value is -1.17. The van der Waals surface area contributed by atoms with Crippen molar-refractivity contribution >= 4 is 33.2 Å². The van der Waals surface area contributed by atoms with Gasteiger partial charge in [-0.05, 0) is 48.2 Å². The van der Waals surface area contributed by atoms with E-state index in [0.29, 0.717) is 6.54 Å². The smallest absolute Gasteiger partial charge is 0.263 e. The third-order valence-corrected chi connectivity index (χ3v) is 5.93. The lowest BCUT2D eigenvalue weighted by Crippen LogP contribution is -2.34. The molecule has 1 saturated heterocycles. The molecule has 2 N–H and O–H groups in total. The Labute approximate surface area is 143 Å². The molecular formula is C17H19BrN2OS. The van der Waals surface area contributed by atoms with Crippen LogP contribution >= 0.6 is 27.3 Å². The summed E-state index contributed by atoms with van der Waals surface area (Å²) in [6, 6.07) is 12.1. The molecule has 2 heterocycles. The van der Waals surface area contributed by atoms with Crippen molar-refractivity contribution in [3.8, 4) is 10.4 Å². The minimum absolute atomic E-state index is 0.0709. The quantitative estimate of drug-likeness (QED) is 0.877. The first-order valence-corrected chi connectivity index (χ1v) is 8.97. The topological polar surface area (TPSA) is 46.3 Å². The summed E-state index contributed by atoms with van der Waals surface area (Å²) in [5.41, 5.74) is 7.03. The maximum absolute atomic E-state index is 12.6. The SMILES string of the molecule is CC1(CN)CCN(C(=O)c2ccc(-c3ccc(Br)cc3)s2)C1. The fourth-order valence-electron chi connectivity index (χ4n) is 2.74. The molecule has 0 saturated carbocycles. The number of amides is 1. The van der Waals surface area contributed by atoms with Gasteiger partial charge in [-0.2, -0.15) is 0 Å². The van der Waals surface area contributed by atoms with Gasteiger partial charge in [0.15, 0.2) is 0 Å². The molecule has 0 spiro atoms. The number of nitrogens with zero attached hydrogens (tertiary/aromatic N) is 1. The second-order valence-corrected chi connectivity index (χ2v) is 8.16. The zero-order valence-electron chi connectivity index (χ0n) is 12.5. The van der Waals surface area contributed by atoms with E-state index in [1.807, 2.05) is 29.2 Å². The third kappa shape index (κ3) is 3.12. The molecule has 0 bridgehead atoms. The van der Waals surface area contributed by atoms with E-state index in [9.17, 15) is 4.79 Å². The number of hydrogen-bond acceptors (Lipinski definition) is 3. The highest BCUT2D eigenvalue weighted by molar-refractivity contribution is 9.10. The van der Waals surface area contributed by atoms with E-state index < -0.39 is 0 Å². The summed E-state index contributed by atoms with van der Waals surface area (Å²) in [5.74, 6) is 0.130. The molecule has 116 valence electrons. The van der Waals surface area contributed by atoms with Crippen molar-refractivity contribution in [2.75, 3.05) is 19.6 Å². The monoisotopic (exact) mass is 378 g/mol. The van der Waals surface area contributed by atoms with Gasteiger partial charge in [0.05, 0.1) is 4.88 Å². The van der Waals surface area contributed by atoms with Gasteiger partial charge in [0.2, 0.25) is 0 Å². The molecule has 0 radical (unpaired) electrons. The Bertz CT molecular complexity index is 682. The first-order valence-electron chi connectivity index (χ1n) is 7.36. The zero-order chi connectivity index (χ0) is 15.7. The van der Waals surface area contributed by atoms with Gasteiger partial charge in [0.25, 0.3) is 5.91 Å². The maximum Gasteiger partial charge on any atom is 0.263 e. The van der Waals surface area contributed by atoms with Gasteiger partial charge in [-0.25, -0.2) is 0 Å². The summed E-state index contributed by atoms with van der Waals surface area (Å²) in [6.45, 7) is 4.35. The number of carbonyl (C=O) groups is 1. The molecule has 1 fully saturated rings. The first-order chi connectivity index (χ1) is 10.5. The van der Waals surface area contributed by atoms with Crippen LogP contribution in [-0.4, -0.2) is 30.4 Å². The number of halogens is 1. The molecule has 3 nitrogen and oxygen atoms in total. The summed E-state index contributed by atoms with van der Waals surface area (Å²) in [4.78, 5) is 16.5. The van der Waals surface area contributed by atoms with Crippen LogP contribution < -0.4 is 5.73 Å². The van der Waals surface area contributed by atoms with Crippen molar-refractivity contribution in [1.82, 2.24) is 4.90 Å². The van der Waals surface area contributed by atoms with Gasteiger partial charge in [-0.3, -0.25) is 4.79 Å². The van der Waals surface area contributed by atoms with E-state index in [4.69, 9.17) is 5.73 Å². The van der Waals surface area contributed by atoms with Crippen molar-refractivity contribution in [3.05, 3.63) is 45.7 Å². The largest absolute Gasteiger partial charge is 0.337 e. The van der Waals surface area contributed by atoms with Gasteiger partial charge in [-0.15, -0.1) is 11.3 Å². The van der Waals surface area contributed by atoms with Crippen molar-refractivity contribution in [2.24, 2.45) is 11.1 Å². The average molecular weight is 379 g/mol. The van der Waals surface area contributed by atoms with Crippen molar-refractivity contribution < 1.29 is 4.79 Å². The number of rotatable bonds is 3. The average Bonchev–Trinajstić information content (AvgIpc) is 3.15. The van der Waals surface area contributed by atoms with Crippen LogP contribution in [0, 0.1) is 5.41 Å². The summed E-state index contributed by atoms with van der Waals surface area (Å²) >= 11 is 5.00. The van der Waals surface area contributed by atoms with Gasteiger partial charge < -0.3 is 10.6 Å². The third-order valence-electron chi connectivity index (χ3n) is 4.28. The van der Waals surface area contributed by atoms with E-state index in [1.54, 1.807) is 11.3 Å². The van der Waals surface area contributed by atoms with Crippen LogP contribution in [-0.2, 0) is 0 Å². The van der Waals surface area contributed by atoms with E-state index in [1.165, 1.54) is 0 Å². The molecule has 3 rings (SSSR count). The molecule has 2 aromatic rings. The Balaban J connectivity index is 1.76. The van der Waals surface area contributed by atoms with Gasteiger partial charge >= 0.3 is 0 Å². The Morgan fingerprint density at radius 3 is 2.68 bits per heavy atom. The number of hydrogen-bond donors (Lipinski definition) is 1. The van der Waals surface area contributed by atoms with E-state index in [2.05, 4.69) is 35.0 Å². The molecule has 1 unspecified atom stereocenters. The number of thiophene rings is 1. The molecule has 1 aliphatic rings.